The summed E-state index contributed by atoms with van der Waals surface area (Å²) in [4.78, 5) is 4.89. The lowest BCUT2D eigenvalue weighted by molar-refractivity contribution is -0.0735. The van der Waals surface area contributed by atoms with Crippen molar-refractivity contribution in [1.29, 1.82) is 0 Å². The number of ether oxygens (including phenoxy) is 6. The molecule has 0 radical (unpaired) electrons. The van der Waals surface area contributed by atoms with E-state index >= 15 is 0 Å². The van der Waals surface area contributed by atoms with E-state index in [0.29, 0.717) is 39.6 Å². The van der Waals surface area contributed by atoms with E-state index in [0.717, 1.165) is 68.4 Å². The molecule has 3 aromatic carbocycles. The summed E-state index contributed by atoms with van der Waals surface area (Å²) in [6, 6.07) is 24.3. The van der Waals surface area contributed by atoms with Gasteiger partial charge in [0.15, 0.2) is 0 Å². The van der Waals surface area contributed by atoms with E-state index in [4.69, 9.17) is 28.4 Å². The Morgan fingerprint density at radius 1 is 0.711 bits per heavy atom. The second-order valence-electron chi connectivity index (χ2n) is 11.8. The van der Waals surface area contributed by atoms with Crippen LogP contribution in [0.3, 0.4) is 0 Å². The van der Waals surface area contributed by atoms with Crippen LogP contribution in [0.5, 0.6) is 17.2 Å². The van der Waals surface area contributed by atoms with E-state index in [1.807, 2.05) is 42.5 Å². The molecule has 0 bridgehead atoms. The molecule has 0 saturated carbocycles. The molecule has 246 valence electrons. The maximum Gasteiger partial charge on any atom is 0.148 e. The van der Waals surface area contributed by atoms with Crippen molar-refractivity contribution in [1.82, 2.24) is 9.80 Å². The zero-order chi connectivity index (χ0) is 31.7. The Balaban J connectivity index is 1.45. The SMILES string of the molecule is COCCCOCC(Oc1ccccc1COc1ccc(C)cc1)C(CCN1CCN(C)CC1)OCCOc1ccc(C)cc1. The number of likely N-dealkylation sites (N-methyl/N-ethyl adjacent to an activating group) is 1. The van der Waals surface area contributed by atoms with Gasteiger partial charge >= 0.3 is 0 Å². The van der Waals surface area contributed by atoms with Crippen LogP contribution in [0.4, 0.5) is 0 Å². The molecule has 0 amide bonds. The van der Waals surface area contributed by atoms with Crippen molar-refractivity contribution in [3.63, 3.8) is 0 Å². The number of hydrogen-bond acceptors (Lipinski definition) is 8. The summed E-state index contributed by atoms with van der Waals surface area (Å²) in [6.07, 6.45) is 1.13. The molecular formula is C37H52N2O6. The quantitative estimate of drug-likeness (QED) is 0.147. The summed E-state index contributed by atoms with van der Waals surface area (Å²) in [5, 5.41) is 0. The third-order valence-corrected chi connectivity index (χ3v) is 8.03. The Kier molecular flexibility index (Phi) is 15.0. The Bertz CT molecular complexity index is 1210. The first-order valence-corrected chi connectivity index (χ1v) is 16.2. The van der Waals surface area contributed by atoms with Gasteiger partial charge in [-0.25, -0.2) is 0 Å². The lowest BCUT2D eigenvalue weighted by Gasteiger charge is -2.34. The minimum atomic E-state index is -0.320. The topological polar surface area (TPSA) is 61.9 Å². The highest BCUT2D eigenvalue weighted by Crippen LogP contribution is 2.25. The molecule has 1 heterocycles. The lowest BCUT2D eigenvalue weighted by Crippen LogP contribution is -2.47. The Hall–Kier alpha value is -3.14. The zero-order valence-electron chi connectivity index (χ0n) is 27.6. The molecule has 8 heteroatoms. The van der Waals surface area contributed by atoms with Crippen molar-refractivity contribution >= 4 is 0 Å². The third kappa shape index (κ3) is 12.6. The summed E-state index contributed by atoms with van der Waals surface area (Å²) in [6.45, 7) is 12.3. The first kappa shape index (κ1) is 34.7. The first-order chi connectivity index (χ1) is 22.0. The highest BCUT2D eigenvalue weighted by atomic mass is 16.6. The fraction of sp³-hybridized carbons (Fsp3) is 0.514. The van der Waals surface area contributed by atoms with E-state index in [1.54, 1.807) is 7.11 Å². The molecule has 0 aromatic heterocycles. The molecule has 45 heavy (non-hydrogen) atoms. The second kappa shape index (κ2) is 19.4. The highest BCUT2D eigenvalue weighted by molar-refractivity contribution is 5.34. The first-order valence-electron chi connectivity index (χ1n) is 16.2. The molecular weight excluding hydrogens is 568 g/mol. The molecule has 0 aliphatic carbocycles. The fourth-order valence-corrected chi connectivity index (χ4v) is 5.17. The average molecular weight is 621 g/mol. The van der Waals surface area contributed by atoms with Crippen molar-refractivity contribution < 1.29 is 28.4 Å². The summed E-state index contributed by atoms with van der Waals surface area (Å²) < 4.78 is 36.9. The van der Waals surface area contributed by atoms with E-state index in [-0.39, 0.29) is 12.2 Å². The molecule has 2 atom stereocenters. The minimum Gasteiger partial charge on any atom is -0.491 e. The van der Waals surface area contributed by atoms with E-state index in [2.05, 4.69) is 61.0 Å². The van der Waals surface area contributed by atoms with Gasteiger partial charge in [-0.15, -0.1) is 0 Å². The predicted molar refractivity (Wildman–Crippen MR) is 179 cm³/mol. The molecule has 1 aliphatic rings. The lowest BCUT2D eigenvalue weighted by atomic mass is 10.1. The molecule has 1 saturated heterocycles. The van der Waals surface area contributed by atoms with Crippen LogP contribution in [0.15, 0.2) is 72.8 Å². The molecule has 1 aliphatic heterocycles. The van der Waals surface area contributed by atoms with Gasteiger partial charge in [0.05, 0.1) is 19.3 Å². The van der Waals surface area contributed by atoms with Crippen molar-refractivity contribution in [2.24, 2.45) is 0 Å². The highest BCUT2D eigenvalue weighted by Gasteiger charge is 2.27. The number of piperazine rings is 1. The van der Waals surface area contributed by atoms with Gasteiger partial charge in [0.1, 0.15) is 36.6 Å². The van der Waals surface area contributed by atoms with Gasteiger partial charge in [-0.2, -0.15) is 0 Å². The van der Waals surface area contributed by atoms with E-state index in [1.165, 1.54) is 11.1 Å². The summed E-state index contributed by atoms with van der Waals surface area (Å²) in [7, 11) is 3.89. The van der Waals surface area contributed by atoms with Crippen LogP contribution in [-0.4, -0.2) is 102 Å². The smallest absolute Gasteiger partial charge is 0.148 e. The standard InChI is InChI=1S/C37H52N2O6/c1-30-10-14-33(15-11-30)42-26-27-43-36(18-19-39-22-20-38(3)21-23-39)37(29-41-25-7-24-40-4)45-35-9-6-5-8-32(35)28-44-34-16-12-31(2)13-17-34/h5-6,8-17,36-37H,7,18-29H2,1-4H3. The van der Waals surface area contributed by atoms with Crippen molar-refractivity contribution in [2.75, 3.05) is 79.9 Å². The van der Waals surface area contributed by atoms with Crippen LogP contribution < -0.4 is 14.2 Å². The number of rotatable bonds is 20. The van der Waals surface area contributed by atoms with Gasteiger partial charge in [-0.05, 0) is 64.1 Å². The monoisotopic (exact) mass is 620 g/mol. The summed E-state index contributed by atoms with van der Waals surface area (Å²) in [5.74, 6) is 2.45. The van der Waals surface area contributed by atoms with Gasteiger partial charge < -0.3 is 38.2 Å². The summed E-state index contributed by atoms with van der Waals surface area (Å²) in [5.41, 5.74) is 3.38. The van der Waals surface area contributed by atoms with Crippen LogP contribution >= 0.6 is 0 Å². The van der Waals surface area contributed by atoms with Gasteiger partial charge in [0.2, 0.25) is 0 Å². The van der Waals surface area contributed by atoms with E-state index in [9.17, 15) is 0 Å². The molecule has 3 aromatic rings. The van der Waals surface area contributed by atoms with Gasteiger partial charge in [-0.3, -0.25) is 0 Å². The zero-order valence-corrected chi connectivity index (χ0v) is 27.6. The Morgan fingerprint density at radius 2 is 1.38 bits per heavy atom. The largest absolute Gasteiger partial charge is 0.491 e. The van der Waals surface area contributed by atoms with Gasteiger partial charge in [-0.1, -0.05) is 53.6 Å². The molecule has 8 nitrogen and oxygen atoms in total. The van der Waals surface area contributed by atoms with Crippen LogP contribution in [0.2, 0.25) is 0 Å². The van der Waals surface area contributed by atoms with Crippen molar-refractivity contribution in [3.8, 4) is 17.2 Å². The Labute approximate surface area is 270 Å². The molecule has 1 fully saturated rings. The third-order valence-electron chi connectivity index (χ3n) is 8.03. The normalized spacial score (nSPS) is 15.5. The van der Waals surface area contributed by atoms with Gasteiger partial charge in [0.25, 0.3) is 0 Å². The molecule has 2 unspecified atom stereocenters. The number of nitrogens with zero attached hydrogens (tertiary/aromatic N) is 2. The van der Waals surface area contributed by atoms with Crippen molar-refractivity contribution in [3.05, 3.63) is 89.5 Å². The maximum atomic E-state index is 6.78. The van der Waals surface area contributed by atoms with Crippen LogP contribution in [-0.2, 0) is 20.8 Å². The number of aryl methyl sites for hydroxylation is 2. The van der Waals surface area contributed by atoms with Crippen LogP contribution in [0, 0.1) is 13.8 Å². The molecule has 0 N–H and O–H groups in total. The van der Waals surface area contributed by atoms with Crippen molar-refractivity contribution in [2.45, 2.75) is 45.5 Å². The minimum absolute atomic E-state index is 0.195. The molecule has 4 rings (SSSR count). The number of methoxy groups -OCH3 is 1. The molecule has 0 spiro atoms. The van der Waals surface area contributed by atoms with Crippen LogP contribution in [0.25, 0.3) is 0 Å². The average Bonchev–Trinajstić information content (AvgIpc) is 3.06. The second-order valence-corrected chi connectivity index (χ2v) is 11.8. The number of para-hydroxylation sites is 1. The van der Waals surface area contributed by atoms with Gasteiger partial charge in [0, 0.05) is 58.6 Å². The Morgan fingerprint density at radius 3 is 2.07 bits per heavy atom. The fourth-order valence-electron chi connectivity index (χ4n) is 5.17. The summed E-state index contributed by atoms with van der Waals surface area (Å²) >= 11 is 0. The number of hydrogen-bond donors (Lipinski definition) is 0. The van der Waals surface area contributed by atoms with Crippen LogP contribution in [0.1, 0.15) is 29.5 Å². The predicted octanol–water partition coefficient (Wildman–Crippen LogP) is 5.78. The maximum absolute atomic E-state index is 6.78. The number of benzene rings is 3. The van der Waals surface area contributed by atoms with E-state index < -0.39 is 0 Å².